The molecular weight excluding hydrogens is 616 g/mol. The number of nitrogens with zero attached hydrogens (tertiary/aromatic N) is 5. The number of benzene rings is 4. The van der Waals surface area contributed by atoms with Crippen molar-refractivity contribution in [3.8, 4) is 0 Å². The molecule has 0 spiro atoms. The summed E-state index contributed by atoms with van der Waals surface area (Å²) in [5.74, 6) is 0. The fraction of sp³-hybridized carbons (Fsp3) is 0.351. The van der Waals surface area contributed by atoms with Crippen molar-refractivity contribution in [3.05, 3.63) is 131 Å². The van der Waals surface area contributed by atoms with Crippen molar-refractivity contribution in [3.63, 3.8) is 0 Å². The van der Waals surface area contributed by atoms with Crippen molar-refractivity contribution < 1.29 is 16.8 Å². The van der Waals surface area contributed by atoms with Crippen LogP contribution in [0.5, 0.6) is 0 Å². The molecule has 1 heterocycles. The average molecular weight is 667 g/mol. The second kappa shape index (κ2) is 21.5. The molecule has 0 aliphatic carbocycles. The SMILES string of the molecule is CN1CCCN(C)CCN(C)CCN(C)CC1.O=N[O-].[Co+2].c1ccc([B-](c2ccccc2)(c2ccccc2)c2ccccc2)cc1. The molecule has 9 heteroatoms. The molecule has 4 aromatic carbocycles. The summed E-state index contributed by atoms with van der Waals surface area (Å²) < 4.78 is 0. The topological polar surface area (TPSA) is 65.5 Å². The molecule has 0 amide bonds. The Kier molecular flexibility index (Phi) is 18.2. The maximum absolute atomic E-state index is 8.00. The van der Waals surface area contributed by atoms with E-state index in [1.807, 2.05) is 0 Å². The molecule has 0 bridgehead atoms. The van der Waals surface area contributed by atoms with E-state index in [0.29, 0.717) is 0 Å². The van der Waals surface area contributed by atoms with Crippen molar-refractivity contribution in [2.45, 2.75) is 6.42 Å². The predicted octanol–water partition coefficient (Wildman–Crippen LogP) is 3.43. The van der Waals surface area contributed by atoms with E-state index in [4.69, 9.17) is 10.1 Å². The predicted molar refractivity (Wildman–Crippen MR) is 194 cm³/mol. The average Bonchev–Trinajstić information content (AvgIpc) is 3.09. The van der Waals surface area contributed by atoms with Crippen LogP contribution in [0.2, 0.25) is 0 Å². The molecule has 0 atom stereocenters. The van der Waals surface area contributed by atoms with E-state index in [2.05, 4.69) is 169 Å². The van der Waals surface area contributed by atoms with Crippen molar-refractivity contribution in [1.82, 2.24) is 19.6 Å². The minimum absolute atomic E-state index is 0. The van der Waals surface area contributed by atoms with Gasteiger partial charge in [0.05, 0.1) is 0 Å². The van der Waals surface area contributed by atoms with Gasteiger partial charge in [-0.15, -0.1) is 5.34 Å². The Balaban J connectivity index is 0.000000308. The van der Waals surface area contributed by atoms with E-state index in [1.54, 1.807) is 0 Å². The molecule has 1 aliphatic rings. The van der Waals surface area contributed by atoms with E-state index in [1.165, 1.54) is 80.6 Å². The van der Waals surface area contributed by atoms with Gasteiger partial charge in [-0.25, -0.2) is 0 Å². The largest absolute Gasteiger partial charge is 2.00 e. The molecule has 1 saturated heterocycles. The van der Waals surface area contributed by atoms with Gasteiger partial charge in [0.25, 0.3) is 0 Å². The van der Waals surface area contributed by atoms with Crippen LogP contribution in [0.3, 0.4) is 0 Å². The van der Waals surface area contributed by atoms with Gasteiger partial charge in [-0.2, -0.15) is 21.9 Å². The van der Waals surface area contributed by atoms with Crippen molar-refractivity contribution in [2.75, 3.05) is 80.5 Å². The van der Waals surface area contributed by atoms with Gasteiger partial charge in [0, 0.05) is 39.3 Å². The van der Waals surface area contributed by atoms with Crippen molar-refractivity contribution in [1.29, 1.82) is 0 Å². The first-order valence-electron chi connectivity index (χ1n) is 16.0. The van der Waals surface area contributed by atoms with Gasteiger partial charge in [0.15, 0.2) is 0 Å². The molecule has 1 aliphatic heterocycles. The molecular formula is C37H50BCoN5O2. The molecule has 1 radical (unpaired) electrons. The van der Waals surface area contributed by atoms with Crippen LogP contribution in [-0.4, -0.2) is 106 Å². The van der Waals surface area contributed by atoms with Crippen LogP contribution in [0.1, 0.15) is 6.42 Å². The van der Waals surface area contributed by atoms with Gasteiger partial charge in [0.1, 0.15) is 6.15 Å². The number of rotatable bonds is 4. The van der Waals surface area contributed by atoms with Gasteiger partial charge in [-0.1, -0.05) is 121 Å². The zero-order valence-corrected chi connectivity index (χ0v) is 28.9. The molecule has 0 saturated carbocycles. The number of likely N-dealkylation sites (N-methyl/N-ethyl adjacent to an activating group) is 4. The molecule has 5 rings (SSSR count). The summed E-state index contributed by atoms with van der Waals surface area (Å²) in [6.07, 6.45) is 0.0626. The Morgan fingerprint density at radius 1 is 0.457 bits per heavy atom. The quantitative estimate of drug-likeness (QED) is 0.189. The molecule has 1 fully saturated rings. The van der Waals surface area contributed by atoms with Crippen molar-refractivity contribution >= 4 is 28.0 Å². The third-order valence-electron chi connectivity index (χ3n) is 8.87. The first-order valence-corrected chi connectivity index (χ1v) is 16.0. The number of hydrogen-bond acceptors (Lipinski definition) is 7. The molecule has 0 aromatic heterocycles. The Labute approximate surface area is 287 Å². The molecule has 4 aromatic rings. The molecule has 7 nitrogen and oxygen atoms in total. The van der Waals surface area contributed by atoms with Crippen LogP contribution in [0.15, 0.2) is 127 Å². The molecule has 0 unspecified atom stereocenters. The summed E-state index contributed by atoms with van der Waals surface area (Å²) in [5, 5.41) is 9.00. The van der Waals surface area contributed by atoms with Crippen LogP contribution in [0, 0.1) is 10.1 Å². The Morgan fingerprint density at radius 2 is 0.652 bits per heavy atom. The molecule has 0 N–H and O–H groups in total. The third-order valence-corrected chi connectivity index (χ3v) is 8.87. The zero-order valence-electron chi connectivity index (χ0n) is 27.9. The van der Waals surface area contributed by atoms with Crippen molar-refractivity contribution in [2.24, 2.45) is 5.34 Å². The monoisotopic (exact) mass is 666 g/mol. The minimum Gasteiger partial charge on any atom is -0.444 e. The fourth-order valence-electron chi connectivity index (χ4n) is 6.20. The van der Waals surface area contributed by atoms with Crippen LogP contribution in [0.25, 0.3) is 0 Å². The van der Waals surface area contributed by atoms with Crippen LogP contribution in [0.4, 0.5) is 0 Å². The summed E-state index contributed by atoms with van der Waals surface area (Å²) in [6.45, 7) is 9.51. The van der Waals surface area contributed by atoms with Gasteiger partial charge in [-0.3, -0.25) is 0 Å². The second-order valence-electron chi connectivity index (χ2n) is 12.1. The van der Waals surface area contributed by atoms with Crippen LogP contribution >= 0.6 is 0 Å². The first kappa shape index (κ1) is 38.9. The Hall–Kier alpha value is -3.31. The summed E-state index contributed by atoms with van der Waals surface area (Å²) in [5.41, 5.74) is 5.36. The van der Waals surface area contributed by atoms with E-state index >= 15 is 0 Å². The number of hydrogen-bond donors (Lipinski definition) is 0. The summed E-state index contributed by atoms with van der Waals surface area (Å²) in [6, 6.07) is 43.5. The smallest absolute Gasteiger partial charge is 0.444 e. The molecule has 247 valence electrons. The Bertz CT molecular complexity index is 1160. The summed E-state index contributed by atoms with van der Waals surface area (Å²) >= 11 is 0. The van der Waals surface area contributed by atoms with Gasteiger partial charge in [0.2, 0.25) is 0 Å². The van der Waals surface area contributed by atoms with Gasteiger partial charge in [-0.05, 0) is 47.7 Å². The zero-order chi connectivity index (χ0) is 32.3. The van der Waals surface area contributed by atoms with Crippen LogP contribution < -0.4 is 21.9 Å². The maximum atomic E-state index is 8.00. The van der Waals surface area contributed by atoms with Crippen LogP contribution in [-0.2, 0) is 16.8 Å². The van der Waals surface area contributed by atoms with E-state index in [9.17, 15) is 0 Å². The Morgan fingerprint density at radius 3 is 0.870 bits per heavy atom. The third kappa shape index (κ3) is 11.8. The van der Waals surface area contributed by atoms with E-state index < -0.39 is 6.15 Å². The van der Waals surface area contributed by atoms with Gasteiger partial charge < -0.3 is 29.7 Å². The van der Waals surface area contributed by atoms with Gasteiger partial charge >= 0.3 is 16.8 Å². The first-order chi connectivity index (χ1) is 21.9. The fourth-order valence-corrected chi connectivity index (χ4v) is 6.20. The van der Waals surface area contributed by atoms with E-state index in [0.717, 1.165) is 5.34 Å². The molecule has 46 heavy (non-hydrogen) atoms. The maximum Gasteiger partial charge on any atom is 2.00 e. The summed E-state index contributed by atoms with van der Waals surface area (Å²) in [7, 11) is 8.93. The minimum atomic E-state index is -1.22. The standard InChI is InChI=1S/C24H20B.C13H30N4.Co.HNO2/c1-5-13-21(14-6-1)25(22-15-7-2-8-16-22,23-17-9-3-10-18-23)24-19-11-4-12-20-24;1-14-6-5-7-15(2)9-11-17(4)13-12-16(3)10-8-14;;2-1-3/h1-20H;5-13H2,1-4H3;;(H,2,3)/q-1;;+2;/p-1. The second-order valence-corrected chi connectivity index (χ2v) is 12.1. The van der Waals surface area contributed by atoms with E-state index in [-0.39, 0.29) is 16.8 Å². The summed E-state index contributed by atoms with van der Waals surface area (Å²) in [4.78, 5) is 17.8. The normalized spacial score (nSPS) is 16.0.